The lowest BCUT2D eigenvalue weighted by atomic mass is 9.98. The molecule has 1 aromatic heterocycles. The second-order valence-electron chi connectivity index (χ2n) is 6.12. The molecule has 0 saturated carbocycles. The van der Waals surface area contributed by atoms with E-state index in [1.54, 1.807) is 26.2 Å². The number of ether oxygens (including phenoxy) is 2. The van der Waals surface area contributed by atoms with Crippen molar-refractivity contribution in [1.82, 2.24) is 4.98 Å². The van der Waals surface area contributed by atoms with Gasteiger partial charge in [-0.15, -0.1) is 0 Å². The van der Waals surface area contributed by atoms with Gasteiger partial charge in [0.05, 0.1) is 25.6 Å². The minimum Gasteiger partial charge on any atom is -0.493 e. The quantitative estimate of drug-likeness (QED) is 0.790. The van der Waals surface area contributed by atoms with Crippen LogP contribution in [-0.4, -0.2) is 44.4 Å². The summed E-state index contributed by atoms with van der Waals surface area (Å²) >= 11 is 0. The first-order chi connectivity index (χ1) is 12.6. The van der Waals surface area contributed by atoms with E-state index in [1.165, 1.54) is 0 Å². The molecule has 0 unspecified atom stereocenters. The number of hydrogen-bond donors (Lipinski definition) is 1. The highest BCUT2D eigenvalue weighted by molar-refractivity contribution is 6.20. The van der Waals surface area contributed by atoms with Crippen LogP contribution in [0.3, 0.4) is 0 Å². The van der Waals surface area contributed by atoms with E-state index in [1.807, 2.05) is 36.5 Å². The molecule has 4 rings (SSSR count). The molecule has 0 spiro atoms. The predicted molar refractivity (Wildman–Crippen MR) is 102 cm³/mol. The van der Waals surface area contributed by atoms with Crippen LogP contribution in [-0.2, 0) is 4.79 Å². The highest BCUT2D eigenvalue weighted by atomic mass is 16.5. The van der Waals surface area contributed by atoms with Gasteiger partial charge in [0.1, 0.15) is 6.54 Å². The zero-order valence-electron chi connectivity index (χ0n) is 14.9. The van der Waals surface area contributed by atoms with Gasteiger partial charge < -0.3 is 19.4 Å². The van der Waals surface area contributed by atoms with E-state index in [0.717, 1.165) is 33.4 Å². The Morgan fingerprint density at radius 3 is 2.62 bits per heavy atom. The monoisotopic (exact) mass is 349 g/mol. The summed E-state index contributed by atoms with van der Waals surface area (Å²) in [6.07, 6.45) is 1.91. The fourth-order valence-corrected chi connectivity index (χ4v) is 3.26. The van der Waals surface area contributed by atoms with Crippen molar-refractivity contribution in [3.8, 4) is 11.5 Å². The second kappa shape index (κ2) is 6.22. The summed E-state index contributed by atoms with van der Waals surface area (Å²) in [5, 5.41) is 1.09. The van der Waals surface area contributed by atoms with Gasteiger partial charge in [0.2, 0.25) is 5.91 Å². The number of aliphatic imine (C=N–C) groups is 1. The Morgan fingerprint density at radius 1 is 1.08 bits per heavy atom. The number of aromatic nitrogens is 1. The molecule has 3 aromatic rings. The Bertz CT molecular complexity index is 1040. The summed E-state index contributed by atoms with van der Waals surface area (Å²) < 4.78 is 10.9. The van der Waals surface area contributed by atoms with Crippen LogP contribution >= 0.6 is 0 Å². The summed E-state index contributed by atoms with van der Waals surface area (Å²) in [7, 11) is 4.93. The molecule has 2 aromatic carbocycles. The molecule has 0 fully saturated rings. The molecular weight excluding hydrogens is 330 g/mol. The topological polar surface area (TPSA) is 66.9 Å². The normalized spacial score (nSPS) is 14.0. The van der Waals surface area contributed by atoms with Crippen LogP contribution in [0.1, 0.15) is 11.1 Å². The number of amides is 1. The fraction of sp³-hybridized carbons (Fsp3) is 0.200. The number of nitrogens with zero attached hydrogens (tertiary/aromatic N) is 2. The lowest BCUT2D eigenvalue weighted by molar-refractivity contribution is -0.116. The third-order valence-electron chi connectivity index (χ3n) is 4.69. The van der Waals surface area contributed by atoms with Crippen molar-refractivity contribution in [2.45, 2.75) is 0 Å². The summed E-state index contributed by atoms with van der Waals surface area (Å²) in [6.45, 7) is 0.0936. The van der Waals surface area contributed by atoms with Crippen molar-refractivity contribution in [2.75, 3.05) is 32.7 Å². The van der Waals surface area contributed by atoms with E-state index in [9.17, 15) is 4.79 Å². The molecule has 132 valence electrons. The number of methoxy groups -OCH3 is 2. The number of likely N-dealkylation sites (N-methyl/N-ethyl adjacent to an activating group) is 1. The maximum Gasteiger partial charge on any atom is 0.248 e. The number of benzodiazepines with no additional fused rings is 1. The Kier molecular flexibility index (Phi) is 3.88. The number of H-pyrrole nitrogens is 1. The SMILES string of the molecule is COc1cc2c(cc1OC)N(C)C(=O)CN=C2c1ccc2[nH]ccc2c1. The minimum atomic E-state index is -0.0730. The molecule has 1 amide bonds. The van der Waals surface area contributed by atoms with Gasteiger partial charge in [-0.25, -0.2) is 0 Å². The summed E-state index contributed by atoms with van der Waals surface area (Å²) in [5.74, 6) is 1.11. The summed E-state index contributed by atoms with van der Waals surface area (Å²) in [5.41, 5.74) is 4.36. The number of nitrogens with one attached hydrogen (secondary N) is 1. The second-order valence-corrected chi connectivity index (χ2v) is 6.12. The van der Waals surface area contributed by atoms with Gasteiger partial charge in [0, 0.05) is 41.3 Å². The molecule has 1 aliphatic rings. The maximum absolute atomic E-state index is 12.4. The van der Waals surface area contributed by atoms with Gasteiger partial charge >= 0.3 is 0 Å². The number of aromatic amines is 1. The van der Waals surface area contributed by atoms with Gasteiger partial charge in [-0.3, -0.25) is 9.79 Å². The van der Waals surface area contributed by atoms with Crippen LogP contribution in [0.25, 0.3) is 10.9 Å². The molecule has 0 aliphatic carbocycles. The van der Waals surface area contributed by atoms with Crippen LogP contribution in [0.5, 0.6) is 11.5 Å². The van der Waals surface area contributed by atoms with Crippen molar-refractivity contribution in [3.63, 3.8) is 0 Å². The fourth-order valence-electron chi connectivity index (χ4n) is 3.26. The van der Waals surface area contributed by atoms with Gasteiger partial charge in [-0.2, -0.15) is 0 Å². The van der Waals surface area contributed by atoms with E-state index in [4.69, 9.17) is 9.47 Å². The number of benzene rings is 2. The average Bonchev–Trinajstić information content (AvgIpc) is 3.10. The van der Waals surface area contributed by atoms with E-state index in [0.29, 0.717) is 11.5 Å². The number of fused-ring (bicyclic) bond motifs is 2. The van der Waals surface area contributed by atoms with Crippen LogP contribution < -0.4 is 14.4 Å². The molecule has 0 atom stereocenters. The first-order valence-electron chi connectivity index (χ1n) is 8.27. The highest BCUT2D eigenvalue weighted by Gasteiger charge is 2.25. The van der Waals surface area contributed by atoms with Crippen LogP contribution in [0.4, 0.5) is 5.69 Å². The predicted octanol–water partition coefficient (Wildman–Crippen LogP) is 3.00. The molecule has 0 saturated heterocycles. The number of rotatable bonds is 3. The van der Waals surface area contributed by atoms with E-state index in [-0.39, 0.29) is 12.5 Å². The first-order valence-corrected chi connectivity index (χ1v) is 8.27. The third kappa shape index (κ3) is 2.50. The highest BCUT2D eigenvalue weighted by Crippen LogP contribution is 2.37. The summed E-state index contributed by atoms with van der Waals surface area (Å²) in [6, 6.07) is 11.8. The van der Waals surface area contributed by atoms with E-state index >= 15 is 0 Å². The molecule has 6 heteroatoms. The molecule has 1 aliphatic heterocycles. The Morgan fingerprint density at radius 2 is 1.85 bits per heavy atom. The zero-order valence-corrected chi connectivity index (χ0v) is 14.9. The molecule has 26 heavy (non-hydrogen) atoms. The average molecular weight is 349 g/mol. The Hall–Kier alpha value is -3.28. The third-order valence-corrected chi connectivity index (χ3v) is 4.69. The van der Waals surface area contributed by atoms with Gasteiger partial charge in [0.15, 0.2) is 11.5 Å². The van der Waals surface area contributed by atoms with Crippen molar-refractivity contribution >= 4 is 28.2 Å². The summed E-state index contributed by atoms with van der Waals surface area (Å²) in [4.78, 5) is 21.8. The molecule has 1 N–H and O–H groups in total. The Labute approximate surface area is 151 Å². The smallest absolute Gasteiger partial charge is 0.248 e. The van der Waals surface area contributed by atoms with Crippen molar-refractivity contribution in [3.05, 3.63) is 53.7 Å². The van der Waals surface area contributed by atoms with Crippen LogP contribution in [0.2, 0.25) is 0 Å². The number of carbonyl (C=O) groups excluding carboxylic acids is 1. The molecule has 6 nitrogen and oxygen atoms in total. The van der Waals surface area contributed by atoms with Crippen LogP contribution in [0.15, 0.2) is 47.6 Å². The van der Waals surface area contributed by atoms with Crippen molar-refractivity contribution in [1.29, 1.82) is 0 Å². The Balaban J connectivity index is 1.95. The van der Waals surface area contributed by atoms with Gasteiger partial charge in [-0.05, 0) is 24.3 Å². The zero-order chi connectivity index (χ0) is 18.3. The molecule has 0 radical (unpaired) electrons. The first kappa shape index (κ1) is 16.2. The van der Waals surface area contributed by atoms with Crippen molar-refractivity contribution < 1.29 is 14.3 Å². The van der Waals surface area contributed by atoms with Gasteiger partial charge in [0.25, 0.3) is 0 Å². The lowest BCUT2D eigenvalue weighted by Crippen LogP contribution is -2.27. The van der Waals surface area contributed by atoms with Crippen LogP contribution in [0, 0.1) is 0 Å². The van der Waals surface area contributed by atoms with E-state index in [2.05, 4.69) is 16.0 Å². The maximum atomic E-state index is 12.4. The minimum absolute atomic E-state index is 0.0730. The lowest BCUT2D eigenvalue weighted by Gasteiger charge is -2.20. The largest absolute Gasteiger partial charge is 0.493 e. The van der Waals surface area contributed by atoms with Crippen molar-refractivity contribution in [2.24, 2.45) is 4.99 Å². The number of anilines is 1. The molecular formula is C20H19N3O3. The number of hydrogen-bond acceptors (Lipinski definition) is 4. The van der Waals surface area contributed by atoms with E-state index < -0.39 is 0 Å². The molecule has 2 heterocycles. The standard InChI is InChI=1S/C20H19N3O3/c1-23-16-10-18(26-3)17(25-2)9-14(16)20(22-11-19(23)24)13-4-5-15-12(8-13)6-7-21-15/h4-10,21H,11H2,1-3H3. The van der Waals surface area contributed by atoms with Gasteiger partial charge in [-0.1, -0.05) is 6.07 Å². The molecule has 0 bridgehead atoms. The number of carbonyl (C=O) groups is 1.